The molecule has 2 aromatic rings. The standard InChI is InChI=1S/C21H28N4O2/c1-5-19(26)22-21(3,4)16-11-12-24(14-16)20(27)18-13-15(2)25(23-18)17-9-7-6-8-10-17/h6-10,13,16H,5,11-12,14H2,1-4H3,(H,22,26). The lowest BCUT2D eigenvalue weighted by molar-refractivity contribution is -0.122. The summed E-state index contributed by atoms with van der Waals surface area (Å²) in [7, 11) is 0. The Morgan fingerprint density at radius 2 is 1.96 bits per heavy atom. The van der Waals surface area contributed by atoms with Crippen molar-refractivity contribution in [3.8, 4) is 5.69 Å². The predicted octanol–water partition coefficient (Wildman–Crippen LogP) is 2.95. The zero-order valence-corrected chi connectivity index (χ0v) is 16.5. The van der Waals surface area contributed by atoms with E-state index < -0.39 is 0 Å². The van der Waals surface area contributed by atoms with Gasteiger partial charge in [-0.15, -0.1) is 0 Å². The number of likely N-dealkylation sites (tertiary alicyclic amines) is 1. The first-order valence-electron chi connectivity index (χ1n) is 9.54. The Hall–Kier alpha value is -2.63. The fourth-order valence-corrected chi connectivity index (χ4v) is 3.66. The SMILES string of the molecule is CCC(=O)NC(C)(C)C1CCN(C(=O)c2cc(C)n(-c3ccccc3)n2)C1. The number of rotatable bonds is 5. The summed E-state index contributed by atoms with van der Waals surface area (Å²) in [6, 6.07) is 11.6. The summed E-state index contributed by atoms with van der Waals surface area (Å²) >= 11 is 0. The molecule has 0 aliphatic carbocycles. The van der Waals surface area contributed by atoms with E-state index in [1.165, 1.54) is 0 Å². The fraction of sp³-hybridized carbons (Fsp3) is 0.476. The average Bonchev–Trinajstić information content (AvgIpc) is 3.29. The van der Waals surface area contributed by atoms with Gasteiger partial charge < -0.3 is 10.2 Å². The number of nitrogens with zero attached hydrogens (tertiary/aromatic N) is 3. The van der Waals surface area contributed by atoms with Gasteiger partial charge in [0, 0.05) is 36.7 Å². The Kier molecular flexibility index (Phi) is 5.35. The highest BCUT2D eigenvalue weighted by Gasteiger charge is 2.38. The molecule has 2 heterocycles. The molecule has 1 unspecified atom stereocenters. The molecular weight excluding hydrogens is 340 g/mol. The zero-order chi connectivity index (χ0) is 19.6. The number of amides is 2. The van der Waals surface area contributed by atoms with Crippen molar-refractivity contribution in [1.82, 2.24) is 20.0 Å². The maximum Gasteiger partial charge on any atom is 0.274 e. The van der Waals surface area contributed by atoms with Gasteiger partial charge in [0.05, 0.1) is 5.69 Å². The Labute approximate surface area is 160 Å². The van der Waals surface area contributed by atoms with Gasteiger partial charge in [0.2, 0.25) is 5.91 Å². The third-order valence-corrected chi connectivity index (χ3v) is 5.39. The summed E-state index contributed by atoms with van der Waals surface area (Å²) in [5.41, 5.74) is 2.00. The monoisotopic (exact) mass is 368 g/mol. The lowest BCUT2D eigenvalue weighted by Crippen LogP contribution is -2.50. The molecule has 2 amide bonds. The van der Waals surface area contributed by atoms with Crippen LogP contribution in [0.3, 0.4) is 0 Å². The number of benzene rings is 1. The van der Waals surface area contributed by atoms with Crippen LogP contribution >= 0.6 is 0 Å². The van der Waals surface area contributed by atoms with Gasteiger partial charge in [-0.05, 0) is 45.4 Å². The molecule has 1 aromatic heterocycles. The van der Waals surface area contributed by atoms with Crippen molar-refractivity contribution in [3.63, 3.8) is 0 Å². The highest BCUT2D eigenvalue weighted by atomic mass is 16.2. The van der Waals surface area contributed by atoms with Crippen LogP contribution in [-0.4, -0.2) is 45.1 Å². The second kappa shape index (κ2) is 7.55. The summed E-state index contributed by atoms with van der Waals surface area (Å²) in [5.74, 6) is 0.226. The van der Waals surface area contributed by atoms with Gasteiger partial charge in [0.1, 0.15) is 0 Å². The molecular formula is C21H28N4O2. The number of carbonyl (C=O) groups excluding carboxylic acids is 2. The minimum absolute atomic E-state index is 0.0435. The van der Waals surface area contributed by atoms with Crippen molar-refractivity contribution < 1.29 is 9.59 Å². The summed E-state index contributed by atoms with van der Waals surface area (Å²) < 4.78 is 1.80. The molecule has 6 nitrogen and oxygen atoms in total. The Balaban J connectivity index is 1.72. The van der Waals surface area contributed by atoms with Gasteiger partial charge >= 0.3 is 0 Å². The molecule has 1 N–H and O–H groups in total. The highest BCUT2D eigenvalue weighted by molar-refractivity contribution is 5.92. The van der Waals surface area contributed by atoms with E-state index in [-0.39, 0.29) is 23.3 Å². The van der Waals surface area contributed by atoms with Crippen molar-refractivity contribution in [1.29, 1.82) is 0 Å². The van der Waals surface area contributed by atoms with Crippen molar-refractivity contribution in [2.45, 2.75) is 46.1 Å². The van der Waals surface area contributed by atoms with Gasteiger partial charge in [-0.1, -0.05) is 25.1 Å². The van der Waals surface area contributed by atoms with Crippen LogP contribution in [0.5, 0.6) is 0 Å². The minimum Gasteiger partial charge on any atom is -0.351 e. The topological polar surface area (TPSA) is 67.2 Å². The number of carbonyl (C=O) groups is 2. The number of hydrogen-bond acceptors (Lipinski definition) is 3. The number of nitrogens with one attached hydrogen (secondary N) is 1. The lowest BCUT2D eigenvalue weighted by atomic mass is 9.86. The van der Waals surface area contributed by atoms with Gasteiger partial charge in [-0.25, -0.2) is 4.68 Å². The predicted molar refractivity (Wildman–Crippen MR) is 105 cm³/mol. The van der Waals surface area contributed by atoms with Crippen LogP contribution in [0.1, 0.15) is 49.8 Å². The molecule has 1 saturated heterocycles. The van der Waals surface area contributed by atoms with E-state index in [0.717, 1.165) is 17.8 Å². The van der Waals surface area contributed by atoms with E-state index in [2.05, 4.69) is 10.4 Å². The smallest absolute Gasteiger partial charge is 0.274 e. The lowest BCUT2D eigenvalue weighted by Gasteiger charge is -2.32. The number of hydrogen-bond donors (Lipinski definition) is 1. The molecule has 0 radical (unpaired) electrons. The van der Waals surface area contributed by atoms with E-state index in [1.54, 1.807) is 4.68 Å². The van der Waals surface area contributed by atoms with E-state index in [0.29, 0.717) is 25.2 Å². The largest absolute Gasteiger partial charge is 0.351 e. The third-order valence-electron chi connectivity index (χ3n) is 5.39. The Bertz CT molecular complexity index is 826. The van der Waals surface area contributed by atoms with Crippen molar-refractivity contribution >= 4 is 11.8 Å². The molecule has 3 rings (SSSR count). The maximum atomic E-state index is 13.0. The summed E-state index contributed by atoms with van der Waals surface area (Å²) in [6.07, 6.45) is 1.34. The maximum absolute atomic E-state index is 13.0. The van der Waals surface area contributed by atoms with Crippen LogP contribution in [-0.2, 0) is 4.79 Å². The van der Waals surface area contributed by atoms with E-state index in [9.17, 15) is 9.59 Å². The van der Waals surface area contributed by atoms with Crippen molar-refractivity contribution in [3.05, 3.63) is 47.8 Å². The molecule has 1 aliphatic heterocycles. The molecule has 1 aromatic carbocycles. The minimum atomic E-state index is -0.332. The Morgan fingerprint density at radius 1 is 1.26 bits per heavy atom. The molecule has 144 valence electrons. The van der Waals surface area contributed by atoms with E-state index in [1.807, 2.05) is 69.0 Å². The molecule has 0 saturated carbocycles. The van der Waals surface area contributed by atoms with Crippen LogP contribution in [0.4, 0.5) is 0 Å². The van der Waals surface area contributed by atoms with Crippen LogP contribution in [0.25, 0.3) is 5.69 Å². The number of aryl methyl sites for hydroxylation is 1. The molecule has 1 atom stereocenters. The normalized spacial score (nSPS) is 17.2. The third kappa shape index (κ3) is 4.04. The first kappa shape index (κ1) is 19.1. The highest BCUT2D eigenvalue weighted by Crippen LogP contribution is 2.28. The van der Waals surface area contributed by atoms with Gasteiger partial charge in [0.25, 0.3) is 5.91 Å². The second-order valence-corrected chi connectivity index (χ2v) is 7.78. The second-order valence-electron chi connectivity index (χ2n) is 7.78. The van der Waals surface area contributed by atoms with Crippen molar-refractivity contribution in [2.75, 3.05) is 13.1 Å². The summed E-state index contributed by atoms with van der Waals surface area (Å²) in [5, 5.41) is 7.61. The first-order valence-corrected chi connectivity index (χ1v) is 9.54. The van der Waals surface area contributed by atoms with Crippen LogP contribution in [0, 0.1) is 12.8 Å². The molecule has 6 heteroatoms. The zero-order valence-electron chi connectivity index (χ0n) is 16.5. The molecule has 1 fully saturated rings. The molecule has 27 heavy (non-hydrogen) atoms. The average molecular weight is 368 g/mol. The van der Waals surface area contributed by atoms with Gasteiger partial charge in [-0.3, -0.25) is 9.59 Å². The first-order chi connectivity index (χ1) is 12.8. The number of aromatic nitrogens is 2. The molecule has 1 aliphatic rings. The van der Waals surface area contributed by atoms with Crippen molar-refractivity contribution in [2.24, 2.45) is 5.92 Å². The summed E-state index contributed by atoms with van der Waals surface area (Å²) in [4.78, 5) is 26.6. The van der Waals surface area contributed by atoms with Gasteiger partial charge in [0.15, 0.2) is 5.69 Å². The van der Waals surface area contributed by atoms with Crippen LogP contribution < -0.4 is 5.32 Å². The van der Waals surface area contributed by atoms with Crippen LogP contribution in [0.2, 0.25) is 0 Å². The summed E-state index contributed by atoms with van der Waals surface area (Å²) in [6.45, 7) is 9.19. The van der Waals surface area contributed by atoms with Gasteiger partial charge in [-0.2, -0.15) is 5.10 Å². The van der Waals surface area contributed by atoms with E-state index >= 15 is 0 Å². The fourth-order valence-electron chi connectivity index (χ4n) is 3.66. The van der Waals surface area contributed by atoms with Crippen LogP contribution in [0.15, 0.2) is 36.4 Å². The molecule has 0 spiro atoms. The Morgan fingerprint density at radius 3 is 2.63 bits per heavy atom. The quantitative estimate of drug-likeness (QED) is 0.882. The molecule has 0 bridgehead atoms. The number of para-hydroxylation sites is 1. The van der Waals surface area contributed by atoms with E-state index in [4.69, 9.17) is 0 Å².